The highest BCUT2D eigenvalue weighted by atomic mass is 31.2. The summed E-state index contributed by atoms with van der Waals surface area (Å²) >= 11 is 0. The maximum Gasteiger partial charge on any atom is 0.472 e. The minimum atomic E-state index is -4.94. The van der Waals surface area contributed by atoms with Crippen molar-refractivity contribution in [2.45, 2.75) is 296 Å². The molecule has 0 aromatic carbocycles. The van der Waals surface area contributed by atoms with Gasteiger partial charge in [0.25, 0.3) is 0 Å². The Hall–Kier alpha value is -4.83. The summed E-state index contributed by atoms with van der Waals surface area (Å²) in [6.07, 6.45) is 89.9. The molecule has 0 heterocycles. The zero-order chi connectivity index (χ0) is 72.3. The predicted octanol–water partition coefficient (Wildman–Crippen LogP) is 21.9. The molecule has 0 rings (SSSR count). The van der Waals surface area contributed by atoms with Crippen LogP contribution in [0.4, 0.5) is 0 Å². The lowest BCUT2D eigenvalue weighted by Gasteiger charge is -2.21. The van der Waals surface area contributed by atoms with Crippen molar-refractivity contribution >= 4 is 33.6 Å². The molecule has 0 radical (unpaired) electrons. The zero-order valence-corrected chi connectivity index (χ0v) is 63.1. The molecule has 5 atom stereocenters. The summed E-state index contributed by atoms with van der Waals surface area (Å²) in [5, 5.41) is 20.6. The van der Waals surface area contributed by atoms with E-state index in [0.29, 0.717) is 19.3 Å². The van der Waals surface area contributed by atoms with E-state index in [1.165, 1.54) is 25.7 Å². The number of rotatable bonds is 70. The maximum atomic E-state index is 13.0. The third kappa shape index (κ3) is 74.2. The predicted molar refractivity (Wildman–Crippen MR) is 408 cm³/mol. The molecule has 5 unspecified atom stereocenters. The summed E-state index contributed by atoms with van der Waals surface area (Å²) in [7, 11) is -9.81. The standard InChI is InChI=1S/C81H134O16P2/c1-4-7-10-13-16-19-22-25-28-31-33-35-37-39-41-44-46-49-52-55-58-61-64-67-79(84)91-70-76(82)71-93-98(87,88)94-72-77(83)73-95-99(89,90)96-75-78(97-81(86)69-66-63-60-57-54-51-48-43-30-27-24-21-18-15-12-9-6-3)74-92-80(85)68-65-62-59-56-53-50-47-45-42-40-38-36-34-32-29-26-23-20-17-14-11-8-5-2/h7,9-10,12,16-21,25-30,33-36,39-42,46,49,76-78,82-83H,4-6,8,11,13-15,22-24,31-32,37-38,43-45,47-48,50-75H2,1-3H3,(H,87,88)(H,89,90)/b10-7-,12-9-,19-16-,20-17-,21-18-,28-25-,29-26-,30-27-,35-33-,36-34-,41-39-,42-40-,49-46-. The normalized spacial score (nSPS) is 14.9. The van der Waals surface area contributed by atoms with Crippen LogP contribution in [0.3, 0.4) is 0 Å². The lowest BCUT2D eigenvalue weighted by atomic mass is 10.1. The highest BCUT2D eigenvalue weighted by Crippen LogP contribution is 2.45. The van der Waals surface area contributed by atoms with Crippen molar-refractivity contribution in [3.63, 3.8) is 0 Å². The van der Waals surface area contributed by atoms with E-state index in [-0.39, 0.29) is 19.3 Å². The molecule has 0 amide bonds. The van der Waals surface area contributed by atoms with Crippen LogP contribution in [0, 0.1) is 0 Å². The van der Waals surface area contributed by atoms with Gasteiger partial charge in [-0.1, -0.05) is 269 Å². The highest BCUT2D eigenvalue weighted by Gasteiger charge is 2.29. The largest absolute Gasteiger partial charge is 0.472 e. The van der Waals surface area contributed by atoms with E-state index in [0.717, 1.165) is 193 Å². The van der Waals surface area contributed by atoms with Crippen LogP contribution >= 0.6 is 15.6 Å². The monoisotopic (exact) mass is 1420 g/mol. The second-order valence-corrected chi connectivity index (χ2v) is 27.6. The number of unbranched alkanes of at least 4 members (excludes halogenated alkanes) is 21. The first-order valence-electron chi connectivity index (χ1n) is 37.8. The minimum absolute atomic E-state index is 0.0849. The lowest BCUT2D eigenvalue weighted by Crippen LogP contribution is -2.30. The fraction of sp³-hybridized carbons (Fsp3) is 0.642. The van der Waals surface area contributed by atoms with Crippen LogP contribution < -0.4 is 0 Å². The fourth-order valence-electron chi connectivity index (χ4n) is 9.51. The molecule has 0 aromatic rings. The van der Waals surface area contributed by atoms with E-state index >= 15 is 0 Å². The van der Waals surface area contributed by atoms with Gasteiger partial charge in [-0.25, -0.2) is 9.13 Å². The van der Waals surface area contributed by atoms with Gasteiger partial charge in [0.2, 0.25) is 0 Å². The quantitative estimate of drug-likeness (QED) is 0.0146. The van der Waals surface area contributed by atoms with E-state index in [4.69, 9.17) is 32.3 Å². The molecule has 16 nitrogen and oxygen atoms in total. The van der Waals surface area contributed by atoms with Crippen molar-refractivity contribution in [3.8, 4) is 0 Å². The molecular formula is C81H134O16P2. The Morgan fingerprint density at radius 3 is 0.848 bits per heavy atom. The minimum Gasteiger partial charge on any atom is -0.463 e. The molecule has 99 heavy (non-hydrogen) atoms. The maximum absolute atomic E-state index is 13.0. The topological polar surface area (TPSA) is 231 Å². The smallest absolute Gasteiger partial charge is 0.463 e. The van der Waals surface area contributed by atoms with Crippen LogP contribution in [0.1, 0.15) is 278 Å². The van der Waals surface area contributed by atoms with Crippen LogP contribution in [0.15, 0.2) is 158 Å². The third-order valence-corrected chi connectivity index (χ3v) is 17.1. The highest BCUT2D eigenvalue weighted by molar-refractivity contribution is 7.47. The molecule has 0 bridgehead atoms. The second-order valence-electron chi connectivity index (χ2n) is 24.7. The van der Waals surface area contributed by atoms with Gasteiger partial charge in [0.05, 0.1) is 26.4 Å². The van der Waals surface area contributed by atoms with Gasteiger partial charge in [-0.05, 0) is 148 Å². The molecule has 0 fully saturated rings. The summed E-state index contributed by atoms with van der Waals surface area (Å²) in [6.45, 7) is 2.36. The van der Waals surface area contributed by atoms with Crippen LogP contribution in [0.25, 0.3) is 0 Å². The van der Waals surface area contributed by atoms with E-state index in [9.17, 15) is 43.5 Å². The van der Waals surface area contributed by atoms with Gasteiger partial charge >= 0.3 is 33.6 Å². The number of hydrogen-bond acceptors (Lipinski definition) is 14. The summed E-state index contributed by atoms with van der Waals surface area (Å²) in [5.41, 5.74) is 0. The molecule has 18 heteroatoms. The molecule has 4 N–H and O–H groups in total. The Labute approximate surface area is 600 Å². The van der Waals surface area contributed by atoms with Gasteiger partial charge in [-0.15, -0.1) is 0 Å². The van der Waals surface area contributed by atoms with Crippen LogP contribution in [0.5, 0.6) is 0 Å². The number of ether oxygens (including phenoxy) is 3. The van der Waals surface area contributed by atoms with Crippen molar-refractivity contribution in [3.05, 3.63) is 158 Å². The van der Waals surface area contributed by atoms with E-state index in [1.54, 1.807) is 0 Å². The van der Waals surface area contributed by atoms with Crippen LogP contribution in [0.2, 0.25) is 0 Å². The number of aliphatic hydroxyl groups is 2. The fourth-order valence-corrected chi connectivity index (χ4v) is 11.1. The molecule has 0 aliphatic rings. The Kier molecular flexibility index (Phi) is 69.4. The number of esters is 3. The summed E-state index contributed by atoms with van der Waals surface area (Å²) in [5.74, 6) is -1.63. The van der Waals surface area contributed by atoms with E-state index in [1.807, 2.05) is 0 Å². The molecule has 0 saturated heterocycles. The van der Waals surface area contributed by atoms with Gasteiger partial charge in [0.15, 0.2) is 6.10 Å². The number of hydrogen-bond donors (Lipinski definition) is 4. The molecule has 564 valence electrons. The number of aliphatic hydroxyl groups excluding tert-OH is 2. The molecule has 0 aliphatic carbocycles. The van der Waals surface area contributed by atoms with Crippen LogP contribution in [-0.4, -0.2) is 95.9 Å². The second kappa shape index (κ2) is 72.9. The molecule has 0 aliphatic heterocycles. The van der Waals surface area contributed by atoms with Gasteiger partial charge < -0.3 is 34.2 Å². The zero-order valence-electron chi connectivity index (χ0n) is 61.4. The van der Waals surface area contributed by atoms with Crippen molar-refractivity contribution < 1.29 is 75.8 Å². The first-order valence-corrected chi connectivity index (χ1v) is 40.8. The average Bonchev–Trinajstić information content (AvgIpc) is 2.19. The third-order valence-electron chi connectivity index (χ3n) is 15.2. The molecular weight excluding hydrogens is 1290 g/mol. The number of carbonyl (C=O) groups excluding carboxylic acids is 3. The van der Waals surface area contributed by atoms with Crippen molar-refractivity contribution in [1.29, 1.82) is 0 Å². The average molecular weight is 1430 g/mol. The summed E-state index contributed by atoms with van der Waals surface area (Å²) < 4.78 is 61.1. The van der Waals surface area contributed by atoms with E-state index in [2.05, 4.69) is 179 Å². The molecule has 0 saturated carbocycles. The Morgan fingerprint density at radius 1 is 0.293 bits per heavy atom. The van der Waals surface area contributed by atoms with Gasteiger partial charge in [-0.2, -0.15) is 0 Å². The van der Waals surface area contributed by atoms with Crippen LogP contribution in [-0.2, 0) is 55.8 Å². The van der Waals surface area contributed by atoms with Crippen molar-refractivity contribution in [2.75, 3.05) is 39.6 Å². The number of phosphoric acid groups is 2. The lowest BCUT2D eigenvalue weighted by molar-refractivity contribution is -0.161. The first-order chi connectivity index (χ1) is 48.2. The summed E-state index contributed by atoms with van der Waals surface area (Å²) in [4.78, 5) is 58.6. The van der Waals surface area contributed by atoms with Gasteiger partial charge in [0, 0.05) is 19.3 Å². The summed E-state index contributed by atoms with van der Waals surface area (Å²) in [6, 6.07) is 0. The number of carbonyl (C=O) groups is 3. The Bertz CT molecular complexity index is 2430. The van der Waals surface area contributed by atoms with Crippen molar-refractivity contribution in [1.82, 2.24) is 0 Å². The molecule has 0 aromatic heterocycles. The Balaban J connectivity index is 4.72. The first kappa shape index (κ1) is 94.2. The number of allylic oxidation sites excluding steroid dienone is 26. The Morgan fingerprint density at radius 2 is 0.535 bits per heavy atom. The number of phosphoric ester groups is 2. The molecule has 0 spiro atoms. The van der Waals surface area contributed by atoms with Gasteiger partial charge in [0.1, 0.15) is 25.4 Å². The van der Waals surface area contributed by atoms with Gasteiger partial charge in [-0.3, -0.25) is 32.5 Å². The van der Waals surface area contributed by atoms with Crippen molar-refractivity contribution in [2.24, 2.45) is 0 Å². The van der Waals surface area contributed by atoms with E-state index < -0.39 is 91.5 Å². The SMILES string of the molecule is CC/C=C\C/C=C\C/C=C\C/C=C\C/C=C\C/C=C\CCCCCCC(=O)OCC(O)COP(=O)(O)OCC(O)COP(=O)(O)OCC(COC(=O)CCCCCCCCC/C=C\C/C=C\C/C=C\C/C=C\CCCCC)OC(=O)CCCCCCCCC/C=C\C/C=C\C/C=C\CC.